The van der Waals surface area contributed by atoms with Crippen molar-refractivity contribution in [3.05, 3.63) is 65.5 Å². The number of nitrogens with zero attached hydrogens (tertiary/aromatic N) is 2. The molecule has 19 heavy (non-hydrogen) atoms. The number of rotatable bonds is 4. The molecule has 2 nitrogen and oxygen atoms in total. The average molecular weight is 254 g/mol. The van der Waals surface area contributed by atoms with E-state index >= 15 is 0 Å². The third kappa shape index (κ3) is 3.32. The Morgan fingerprint density at radius 2 is 1.89 bits per heavy atom. The molecule has 3 heteroatoms. The fraction of sp³-hybridized carbons (Fsp3) is 0.188. The lowest BCUT2D eigenvalue weighted by Crippen LogP contribution is -2.21. The van der Waals surface area contributed by atoms with E-state index in [0.29, 0.717) is 12.1 Å². The number of benzene rings is 2. The first-order valence-corrected chi connectivity index (χ1v) is 6.22. The second kappa shape index (κ2) is 6.01. The van der Waals surface area contributed by atoms with Crippen LogP contribution in [0.3, 0.4) is 0 Å². The molecule has 0 aliphatic heterocycles. The Balaban J connectivity index is 2.19. The van der Waals surface area contributed by atoms with E-state index < -0.39 is 0 Å². The predicted molar refractivity (Wildman–Crippen MR) is 74.3 cm³/mol. The molecule has 0 unspecified atom stereocenters. The van der Waals surface area contributed by atoms with Crippen LogP contribution in [0.25, 0.3) is 0 Å². The van der Waals surface area contributed by atoms with Crippen LogP contribution >= 0.6 is 0 Å². The molecule has 0 aromatic heterocycles. The second-order valence-electron chi connectivity index (χ2n) is 4.30. The zero-order valence-corrected chi connectivity index (χ0v) is 10.8. The van der Waals surface area contributed by atoms with Crippen molar-refractivity contribution in [2.75, 3.05) is 11.4 Å². The van der Waals surface area contributed by atoms with Crippen molar-refractivity contribution in [3.63, 3.8) is 0 Å². The molecule has 0 N–H and O–H groups in total. The summed E-state index contributed by atoms with van der Waals surface area (Å²) in [6.45, 7) is 3.58. The van der Waals surface area contributed by atoms with Crippen molar-refractivity contribution >= 4 is 5.69 Å². The maximum Gasteiger partial charge on any atom is 0.123 e. The van der Waals surface area contributed by atoms with Crippen LogP contribution in [0, 0.1) is 17.1 Å². The molecule has 0 radical (unpaired) electrons. The second-order valence-corrected chi connectivity index (χ2v) is 4.30. The van der Waals surface area contributed by atoms with Crippen LogP contribution in [0.1, 0.15) is 18.1 Å². The van der Waals surface area contributed by atoms with Crippen LogP contribution in [0.15, 0.2) is 48.5 Å². The fourth-order valence-electron chi connectivity index (χ4n) is 2.00. The molecule has 0 spiro atoms. The minimum atomic E-state index is -0.230. The summed E-state index contributed by atoms with van der Waals surface area (Å²) in [4.78, 5) is 2.13. The summed E-state index contributed by atoms with van der Waals surface area (Å²) >= 11 is 0. The van der Waals surface area contributed by atoms with E-state index in [-0.39, 0.29) is 5.82 Å². The van der Waals surface area contributed by atoms with Gasteiger partial charge in [0.25, 0.3) is 0 Å². The summed E-state index contributed by atoms with van der Waals surface area (Å²) in [5.41, 5.74) is 2.71. The van der Waals surface area contributed by atoms with E-state index in [9.17, 15) is 4.39 Å². The highest BCUT2D eigenvalue weighted by atomic mass is 19.1. The minimum Gasteiger partial charge on any atom is -0.367 e. The summed E-state index contributed by atoms with van der Waals surface area (Å²) in [6, 6.07) is 16.1. The standard InChI is InChI=1S/C16H15FN2/c1-2-19(16-8-6-15(17)7-9-16)12-14-5-3-4-13(10-14)11-18/h3-10H,2,12H2,1H3. The van der Waals surface area contributed by atoms with Gasteiger partial charge in [-0.1, -0.05) is 12.1 Å². The molecule has 0 atom stereocenters. The van der Waals surface area contributed by atoms with Crippen molar-refractivity contribution in [3.8, 4) is 6.07 Å². The molecule has 0 saturated heterocycles. The Labute approximate surface area is 112 Å². The van der Waals surface area contributed by atoms with Crippen molar-refractivity contribution in [2.45, 2.75) is 13.5 Å². The van der Waals surface area contributed by atoms with Gasteiger partial charge in [-0.25, -0.2) is 4.39 Å². The third-order valence-corrected chi connectivity index (χ3v) is 3.00. The molecular weight excluding hydrogens is 239 g/mol. The van der Waals surface area contributed by atoms with E-state index in [1.54, 1.807) is 18.2 Å². The van der Waals surface area contributed by atoms with Gasteiger partial charge in [0.05, 0.1) is 11.6 Å². The van der Waals surface area contributed by atoms with E-state index in [1.807, 2.05) is 18.2 Å². The van der Waals surface area contributed by atoms with Gasteiger partial charge in [0.15, 0.2) is 0 Å². The van der Waals surface area contributed by atoms with Gasteiger partial charge in [0.2, 0.25) is 0 Å². The molecule has 0 aliphatic carbocycles. The SMILES string of the molecule is CCN(Cc1cccc(C#N)c1)c1ccc(F)cc1. The normalized spacial score (nSPS) is 9.95. The Hall–Kier alpha value is -2.34. The van der Waals surface area contributed by atoms with Crippen LogP contribution in [-0.4, -0.2) is 6.54 Å². The van der Waals surface area contributed by atoms with Crippen molar-refractivity contribution in [1.82, 2.24) is 0 Å². The molecule has 0 aliphatic rings. The maximum atomic E-state index is 12.9. The fourth-order valence-corrected chi connectivity index (χ4v) is 2.00. The number of hydrogen-bond acceptors (Lipinski definition) is 2. The molecule has 0 heterocycles. The Morgan fingerprint density at radius 3 is 2.53 bits per heavy atom. The quantitative estimate of drug-likeness (QED) is 0.831. The average Bonchev–Trinajstić information content (AvgIpc) is 2.46. The van der Waals surface area contributed by atoms with Crippen LogP contribution < -0.4 is 4.90 Å². The molecule has 0 amide bonds. The topological polar surface area (TPSA) is 27.0 Å². The zero-order valence-electron chi connectivity index (χ0n) is 10.8. The molecule has 96 valence electrons. The Bertz CT molecular complexity index is 584. The van der Waals surface area contributed by atoms with Gasteiger partial charge in [-0.15, -0.1) is 0 Å². The van der Waals surface area contributed by atoms with Gasteiger partial charge in [-0.05, 0) is 48.9 Å². The van der Waals surface area contributed by atoms with Crippen molar-refractivity contribution < 1.29 is 4.39 Å². The van der Waals surface area contributed by atoms with Crippen LogP contribution in [0.5, 0.6) is 0 Å². The smallest absolute Gasteiger partial charge is 0.123 e. The van der Waals surface area contributed by atoms with Gasteiger partial charge in [-0.3, -0.25) is 0 Å². The first-order chi connectivity index (χ1) is 9.22. The van der Waals surface area contributed by atoms with Crippen molar-refractivity contribution in [2.24, 2.45) is 0 Å². The van der Waals surface area contributed by atoms with Crippen molar-refractivity contribution in [1.29, 1.82) is 5.26 Å². The van der Waals surface area contributed by atoms with Gasteiger partial charge in [0, 0.05) is 18.8 Å². The highest BCUT2D eigenvalue weighted by Gasteiger charge is 2.06. The van der Waals surface area contributed by atoms with Gasteiger partial charge in [0.1, 0.15) is 5.82 Å². The first-order valence-electron chi connectivity index (χ1n) is 6.22. The third-order valence-electron chi connectivity index (χ3n) is 3.00. The van der Waals surface area contributed by atoms with Crippen LogP contribution in [-0.2, 0) is 6.54 Å². The number of anilines is 1. The Kier molecular flexibility index (Phi) is 4.15. The lowest BCUT2D eigenvalue weighted by atomic mass is 10.1. The summed E-state index contributed by atoms with van der Waals surface area (Å²) in [5, 5.41) is 8.90. The van der Waals surface area contributed by atoms with E-state index in [2.05, 4.69) is 17.9 Å². The predicted octanol–water partition coefficient (Wildman–Crippen LogP) is 3.72. The van der Waals surface area contributed by atoms with Crippen LogP contribution in [0.4, 0.5) is 10.1 Å². The van der Waals surface area contributed by atoms with E-state index in [1.165, 1.54) is 12.1 Å². The zero-order chi connectivity index (χ0) is 13.7. The summed E-state index contributed by atoms with van der Waals surface area (Å²) in [6.07, 6.45) is 0. The highest BCUT2D eigenvalue weighted by molar-refractivity contribution is 5.47. The maximum absolute atomic E-state index is 12.9. The molecule has 2 rings (SSSR count). The molecular formula is C16H15FN2. The van der Waals surface area contributed by atoms with Gasteiger partial charge < -0.3 is 4.90 Å². The number of hydrogen-bond donors (Lipinski definition) is 0. The summed E-state index contributed by atoms with van der Waals surface area (Å²) < 4.78 is 12.9. The number of halogens is 1. The van der Waals surface area contributed by atoms with Gasteiger partial charge >= 0.3 is 0 Å². The monoisotopic (exact) mass is 254 g/mol. The van der Waals surface area contributed by atoms with E-state index in [4.69, 9.17) is 5.26 Å². The Morgan fingerprint density at radius 1 is 1.16 bits per heavy atom. The van der Waals surface area contributed by atoms with Gasteiger partial charge in [-0.2, -0.15) is 5.26 Å². The lowest BCUT2D eigenvalue weighted by molar-refractivity contribution is 0.627. The van der Waals surface area contributed by atoms with Crippen LogP contribution in [0.2, 0.25) is 0 Å². The molecule has 0 bridgehead atoms. The number of nitriles is 1. The molecule has 2 aromatic rings. The molecule has 0 saturated carbocycles. The first kappa shape index (κ1) is 13.1. The largest absolute Gasteiger partial charge is 0.367 e. The highest BCUT2D eigenvalue weighted by Crippen LogP contribution is 2.18. The van der Waals surface area contributed by atoms with E-state index in [0.717, 1.165) is 17.8 Å². The summed E-state index contributed by atoms with van der Waals surface area (Å²) in [7, 11) is 0. The summed E-state index contributed by atoms with van der Waals surface area (Å²) in [5.74, 6) is -0.230. The molecule has 2 aromatic carbocycles. The lowest BCUT2D eigenvalue weighted by Gasteiger charge is -2.23. The molecule has 0 fully saturated rings. The minimum absolute atomic E-state index is 0.230.